The SMILES string of the molecule is CSC(=S)N/N=C(\C)c1ccc(OCc2ccc([N+](=O)[O-])cc2)cc1. The van der Waals surface area contributed by atoms with Crippen molar-refractivity contribution in [3.63, 3.8) is 0 Å². The van der Waals surface area contributed by atoms with Crippen LogP contribution in [-0.2, 0) is 6.61 Å². The van der Waals surface area contributed by atoms with Crippen molar-refractivity contribution in [3.05, 3.63) is 69.8 Å². The third kappa shape index (κ3) is 5.84. The molecule has 0 unspecified atom stereocenters. The molecule has 1 N–H and O–H groups in total. The van der Waals surface area contributed by atoms with Gasteiger partial charge >= 0.3 is 0 Å². The molecule has 25 heavy (non-hydrogen) atoms. The molecule has 0 amide bonds. The van der Waals surface area contributed by atoms with E-state index in [2.05, 4.69) is 10.5 Å². The molecule has 0 heterocycles. The molecule has 2 aromatic rings. The Morgan fingerprint density at radius 3 is 2.44 bits per heavy atom. The molecule has 0 radical (unpaired) electrons. The minimum atomic E-state index is -0.423. The maximum atomic E-state index is 10.6. The Labute approximate surface area is 155 Å². The number of nitrogens with zero attached hydrogens (tertiary/aromatic N) is 2. The van der Waals surface area contributed by atoms with Gasteiger partial charge in [0.15, 0.2) is 4.32 Å². The van der Waals surface area contributed by atoms with Gasteiger partial charge in [0.25, 0.3) is 5.69 Å². The molecule has 0 fully saturated rings. The monoisotopic (exact) mass is 375 g/mol. The van der Waals surface area contributed by atoms with Crippen LogP contribution >= 0.6 is 24.0 Å². The van der Waals surface area contributed by atoms with Gasteiger partial charge in [-0.1, -0.05) is 24.0 Å². The fourth-order valence-corrected chi connectivity index (χ4v) is 2.10. The van der Waals surface area contributed by atoms with Crippen molar-refractivity contribution in [3.8, 4) is 5.75 Å². The first-order valence-electron chi connectivity index (χ1n) is 7.34. The zero-order valence-electron chi connectivity index (χ0n) is 13.8. The van der Waals surface area contributed by atoms with E-state index in [4.69, 9.17) is 17.0 Å². The molecule has 8 heteroatoms. The van der Waals surface area contributed by atoms with Crippen molar-refractivity contribution in [2.45, 2.75) is 13.5 Å². The molecule has 0 saturated carbocycles. The number of thioether (sulfide) groups is 1. The summed E-state index contributed by atoms with van der Waals surface area (Å²) in [4.78, 5) is 10.2. The minimum Gasteiger partial charge on any atom is -0.489 e. The van der Waals surface area contributed by atoms with E-state index in [1.807, 2.05) is 37.4 Å². The highest BCUT2D eigenvalue weighted by Crippen LogP contribution is 2.17. The van der Waals surface area contributed by atoms with Crippen molar-refractivity contribution >= 4 is 39.7 Å². The second kappa shape index (κ2) is 9.14. The lowest BCUT2D eigenvalue weighted by atomic mass is 10.1. The Hall–Kier alpha value is -2.45. The summed E-state index contributed by atoms with van der Waals surface area (Å²) in [6.45, 7) is 2.23. The fraction of sp³-hybridized carbons (Fsp3) is 0.176. The van der Waals surface area contributed by atoms with E-state index in [0.717, 1.165) is 16.8 Å². The van der Waals surface area contributed by atoms with Gasteiger partial charge in [-0.3, -0.25) is 15.5 Å². The van der Waals surface area contributed by atoms with E-state index in [0.29, 0.717) is 16.7 Å². The first-order chi connectivity index (χ1) is 12.0. The van der Waals surface area contributed by atoms with Gasteiger partial charge in [-0.05, 0) is 60.7 Å². The van der Waals surface area contributed by atoms with Crippen LogP contribution in [0.25, 0.3) is 0 Å². The maximum Gasteiger partial charge on any atom is 0.269 e. The summed E-state index contributed by atoms with van der Waals surface area (Å²) < 4.78 is 6.31. The summed E-state index contributed by atoms with van der Waals surface area (Å²) in [5, 5.41) is 14.9. The van der Waals surface area contributed by atoms with Crippen molar-refractivity contribution in [1.29, 1.82) is 0 Å². The highest BCUT2D eigenvalue weighted by Gasteiger charge is 2.05. The summed E-state index contributed by atoms with van der Waals surface area (Å²) >= 11 is 6.46. The van der Waals surface area contributed by atoms with Crippen LogP contribution in [0.4, 0.5) is 5.69 Å². The summed E-state index contributed by atoms with van der Waals surface area (Å²) in [5.41, 5.74) is 5.51. The largest absolute Gasteiger partial charge is 0.489 e. The zero-order valence-corrected chi connectivity index (χ0v) is 15.4. The number of hydrazone groups is 1. The van der Waals surface area contributed by atoms with Gasteiger partial charge in [-0.25, -0.2) is 0 Å². The van der Waals surface area contributed by atoms with Crippen LogP contribution < -0.4 is 10.2 Å². The first-order valence-corrected chi connectivity index (χ1v) is 8.97. The van der Waals surface area contributed by atoms with Crippen LogP contribution in [0.15, 0.2) is 53.6 Å². The number of hydrogen-bond acceptors (Lipinski definition) is 6. The number of nitro groups is 1. The summed E-state index contributed by atoms with van der Waals surface area (Å²) in [6, 6.07) is 13.8. The molecule has 6 nitrogen and oxygen atoms in total. The summed E-state index contributed by atoms with van der Waals surface area (Å²) in [6.07, 6.45) is 1.89. The second-order valence-electron chi connectivity index (χ2n) is 5.04. The minimum absolute atomic E-state index is 0.0671. The number of rotatable bonds is 6. The zero-order chi connectivity index (χ0) is 18.2. The summed E-state index contributed by atoms with van der Waals surface area (Å²) in [7, 11) is 0. The molecule has 0 atom stereocenters. The molecule has 130 valence electrons. The third-order valence-electron chi connectivity index (χ3n) is 3.33. The van der Waals surface area contributed by atoms with Gasteiger partial charge in [0.2, 0.25) is 0 Å². The second-order valence-corrected chi connectivity index (χ2v) is 6.52. The smallest absolute Gasteiger partial charge is 0.269 e. The van der Waals surface area contributed by atoms with Crippen LogP contribution in [0, 0.1) is 10.1 Å². The van der Waals surface area contributed by atoms with E-state index in [1.165, 1.54) is 23.9 Å². The van der Waals surface area contributed by atoms with Gasteiger partial charge in [0.05, 0.1) is 10.6 Å². The standard InChI is InChI=1S/C17H17N3O3S2/c1-12(18-19-17(24)25-2)14-5-9-16(10-6-14)23-11-13-3-7-15(8-4-13)20(21)22/h3-10H,11H2,1-2H3,(H,19,24)/b18-12+. The Kier molecular flexibility index (Phi) is 6.91. The molecule has 2 rings (SSSR count). The molecule has 0 aliphatic heterocycles. The maximum absolute atomic E-state index is 10.6. The number of ether oxygens (including phenoxy) is 1. The molecule has 2 aromatic carbocycles. The van der Waals surface area contributed by atoms with Crippen LogP contribution in [0.2, 0.25) is 0 Å². The van der Waals surface area contributed by atoms with E-state index in [-0.39, 0.29) is 5.69 Å². The normalized spacial score (nSPS) is 11.0. The van der Waals surface area contributed by atoms with Gasteiger partial charge < -0.3 is 4.74 Å². The van der Waals surface area contributed by atoms with Gasteiger partial charge in [0, 0.05) is 12.1 Å². The first kappa shape index (κ1) is 18.9. The lowest BCUT2D eigenvalue weighted by Gasteiger charge is -2.08. The highest BCUT2D eigenvalue weighted by molar-refractivity contribution is 8.22. The molecule has 0 bridgehead atoms. The lowest BCUT2D eigenvalue weighted by molar-refractivity contribution is -0.384. The van der Waals surface area contributed by atoms with Gasteiger partial charge in [0.1, 0.15) is 12.4 Å². The Morgan fingerprint density at radius 2 is 1.88 bits per heavy atom. The fourth-order valence-electron chi connectivity index (χ4n) is 1.91. The molecule has 0 aliphatic carbocycles. The number of non-ortho nitro benzene ring substituents is 1. The molecular formula is C17H17N3O3S2. The van der Waals surface area contributed by atoms with Crippen molar-refractivity contribution in [2.75, 3.05) is 6.26 Å². The van der Waals surface area contributed by atoms with Crippen LogP contribution in [0.5, 0.6) is 5.75 Å². The van der Waals surface area contributed by atoms with E-state index in [9.17, 15) is 10.1 Å². The van der Waals surface area contributed by atoms with E-state index >= 15 is 0 Å². The topological polar surface area (TPSA) is 76.8 Å². The highest BCUT2D eigenvalue weighted by atomic mass is 32.2. The average molecular weight is 375 g/mol. The molecule has 0 aliphatic rings. The number of nitrogens with one attached hydrogen (secondary N) is 1. The van der Waals surface area contributed by atoms with Crippen molar-refractivity contribution in [2.24, 2.45) is 5.10 Å². The van der Waals surface area contributed by atoms with Crippen LogP contribution in [0.1, 0.15) is 18.1 Å². The van der Waals surface area contributed by atoms with Crippen LogP contribution in [0.3, 0.4) is 0 Å². The number of benzene rings is 2. The number of hydrogen-bond donors (Lipinski definition) is 1. The van der Waals surface area contributed by atoms with E-state index < -0.39 is 4.92 Å². The number of nitro benzene ring substituents is 1. The average Bonchev–Trinajstić information content (AvgIpc) is 2.64. The van der Waals surface area contributed by atoms with Crippen molar-refractivity contribution < 1.29 is 9.66 Å². The third-order valence-corrected chi connectivity index (χ3v) is 4.38. The quantitative estimate of drug-likeness (QED) is 0.354. The predicted octanol–water partition coefficient (Wildman–Crippen LogP) is 4.14. The molecule has 0 spiro atoms. The Balaban J connectivity index is 1.93. The Morgan fingerprint density at radius 1 is 1.24 bits per heavy atom. The van der Waals surface area contributed by atoms with Crippen molar-refractivity contribution in [1.82, 2.24) is 5.43 Å². The summed E-state index contributed by atoms with van der Waals surface area (Å²) in [5.74, 6) is 0.711. The van der Waals surface area contributed by atoms with Gasteiger partial charge in [-0.2, -0.15) is 5.10 Å². The number of thiocarbonyl (C=S) groups is 1. The molecular weight excluding hydrogens is 358 g/mol. The Bertz CT molecular complexity index is 775. The van der Waals surface area contributed by atoms with Crippen LogP contribution in [-0.4, -0.2) is 21.2 Å². The van der Waals surface area contributed by atoms with E-state index in [1.54, 1.807) is 12.1 Å². The predicted molar refractivity (Wildman–Crippen MR) is 105 cm³/mol. The molecule has 0 aromatic heterocycles. The van der Waals surface area contributed by atoms with Gasteiger partial charge in [-0.15, -0.1) is 0 Å². The molecule has 0 saturated heterocycles. The lowest BCUT2D eigenvalue weighted by Crippen LogP contribution is -2.13.